The predicted molar refractivity (Wildman–Crippen MR) is 74.1 cm³/mol. The third-order valence-electron chi connectivity index (χ3n) is 2.50. The third kappa shape index (κ3) is 2.80. The van der Waals surface area contributed by atoms with Crippen molar-refractivity contribution < 1.29 is 4.79 Å². The molecule has 0 aliphatic carbocycles. The zero-order chi connectivity index (χ0) is 13.1. The fourth-order valence-electron chi connectivity index (χ4n) is 1.53. The first-order valence-electron chi connectivity index (χ1n) is 5.32. The maximum atomic E-state index is 11.1. The molecule has 2 aromatic rings. The molecule has 2 rings (SSSR count). The van der Waals surface area contributed by atoms with Crippen LogP contribution in [0.5, 0.6) is 0 Å². The Bertz CT molecular complexity index is 556. The maximum absolute atomic E-state index is 11.1. The molecule has 6 heteroatoms. The van der Waals surface area contributed by atoms with Crippen LogP contribution in [-0.2, 0) is 0 Å². The lowest BCUT2D eigenvalue weighted by molar-refractivity contribution is 0.100. The van der Waals surface area contributed by atoms with Gasteiger partial charge in [0.1, 0.15) is 0 Å². The number of benzene rings is 1. The first-order valence-corrected chi connectivity index (χ1v) is 6.58. The molecule has 0 aliphatic rings. The van der Waals surface area contributed by atoms with Gasteiger partial charge in [0.25, 0.3) is 0 Å². The van der Waals surface area contributed by atoms with Gasteiger partial charge in [-0.15, -0.1) is 11.3 Å². The number of thiazole rings is 1. The Morgan fingerprint density at radius 1 is 1.56 bits per heavy atom. The molecule has 4 nitrogen and oxygen atoms in total. The highest BCUT2D eigenvalue weighted by Crippen LogP contribution is 2.28. The predicted octanol–water partition coefficient (Wildman–Crippen LogP) is 3.07. The van der Waals surface area contributed by atoms with Crippen molar-refractivity contribution in [2.45, 2.75) is 13.0 Å². The highest BCUT2D eigenvalue weighted by molar-refractivity contribution is 7.09. The number of anilines is 1. The van der Waals surface area contributed by atoms with Crippen molar-refractivity contribution in [2.24, 2.45) is 5.73 Å². The summed E-state index contributed by atoms with van der Waals surface area (Å²) in [6, 6.07) is 4.98. The van der Waals surface area contributed by atoms with Gasteiger partial charge in [-0.1, -0.05) is 11.6 Å². The van der Waals surface area contributed by atoms with Crippen LogP contribution in [0.4, 0.5) is 5.69 Å². The normalized spacial score (nSPS) is 12.1. The lowest BCUT2D eigenvalue weighted by Gasteiger charge is -2.15. The van der Waals surface area contributed by atoms with Gasteiger partial charge in [0.15, 0.2) is 0 Å². The topological polar surface area (TPSA) is 68.0 Å². The molecule has 3 N–H and O–H groups in total. The molecule has 1 heterocycles. The number of carbonyl (C=O) groups is 1. The number of nitrogens with one attached hydrogen (secondary N) is 1. The van der Waals surface area contributed by atoms with E-state index < -0.39 is 5.91 Å². The van der Waals surface area contributed by atoms with Gasteiger partial charge < -0.3 is 11.1 Å². The molecule has 1 aromatic carbocycles. The number of hydrogen-bond acceptors (Lipinski definition) is 4. The Kier molecular flexibility index (Phi) is 3.84. The van der Waals surface area contributed by atoms with Crippen LogP contribution in [0, 0.1) is 0 Å². The summed E-state index contributed by atoms with van der Waals surface area (Å²) < 4.78 is 0. The molecular weight excluding hydrogens is 270 g/mol. The summed E-state index contributed by atoms with van der Waals surface area (Å²) in [6.07, 6.45) is 1.80. The zero-order valence-electron chi connectivity index (χ0n) is 9.68. The minimum absolute atomic E-state index is 0.0677. The zero-order valence-corrected chi connectivity index (χ0v) is 11.3. The fourth-order valence-corrected chi connectivity index (χ4v) is 2.33. The second-order valence-electron chi connectivity index (χ2n) is 3.83. The lowest BCUT2D eigenvalue weighted by atomic mass is 10.1. The van der Waals surface area contributed by atoms with Crippen LogP contribution in [0.1, 0.15) is 28.2 Å². The van der Waals surface area contributed by atoms with Crippen molar-refractivity contribution in [3.63, 3.8) is 0 Å². The van der Waals surface area contributed by atoms with Crippen LogP contribution in [-0.4, -0.2) is 10.9 Å². The third-order valence-corrected chi connectivity index (χ3v) is 3.79. The summed E-state index contributed by atoms with van der Waals surface area (Å²) in [7, 11) is 0. The molecular formula is C12H12ClN3OS. The molecule has 0 fully saturated rings. The number of primary amides is 1. The first-order chi connectivity index (χ1) is 8.58. The smallest absolute Gasteiger partial charge is 0.248 e. The number of carbonyl (C=O) groups excluding carboxylic acids is 1. The van der Waals surface area contributed by atoms with Gasteiger partial charge in [0.05, 0.1) is 22.3 Å². The van der Waals surface area contributed by atoms with E-state index in [1.807, 2.05) is 6.92 Å². The molecule has 0 spiro atoms. The number of rotatable bonds is 4. The number of halogens is 1. The largest absolute Gasteiger partial charge is 0.376 e. The molecule has 1 amide bonds. The molecule has 1 unspecified atom stereocenters. The van der Waals surface area contributed by atoms with E-state index in [2.05, 4.69) is 10.3 Å². The Morgan fingerprint density at radius 2 is 2.33 bits per heavy atom. The lowest BCUT2D eigenvalue weighted by Crippen LogP contribution is -2.12. The van der Waals surface area contributed by atoms with E-state index in [0.717, 1.165) is 4.88 Å². The standard InChI is InChI=1S/C12H12ClN3OS/c1-7(11-5-15-6-18-11)16-10-4-8(12(14)17)2-3-9(10)13/h2-7,16H,1H3,(H2,14,17). The van der Waals surface area contributed by atoms with Gasteiger partial charge in [-0.25, -0.2) is 0 Å². The van der Waals surface area contributed by atoms with E-state index in [0.29, 0.717) is 16.3 Å². The summed E-state index contributed by atoms with van der Waals surface area (Å²) in [5.41, 5.74) is 8.13. The van der Waals surface area contributed by atoms with E-state index in [1.165, 1.54) is 0 Å². The van der Waals surface area contributed by atoms with E-state index >= 15 is 0 Å². The van der Waals surface area contributed by atoms with Gasteiger partial charge in [-0.05, 0) is 25.1 Å². The number of aromatic nitrogens is 1. The van der Waals surface area contributed by atoms with Gasteiger partial charge >= 0.3 is 0 Å². The summed E-state index contributed by atoms with van der Waals surface area (Å²) in [6.45, 7) is 2.00. The van der Waals surface area contributed by atoms with Crippen LogP contribution in [0.2, 0.25) is 5.02 Å². The number of amides is 1. The Labute approximate surface area is 114 Å². The maximum Gasteiger partial charge on any atom is 0.248 e. The minimum Gasteiger partial charge on any atom is -0.376 e. The van der Waals surface area contributed by atoms with E-state index in [-0.39, 0.29) is 6.04 Å². The van der Waals surface area contributed by atoms with Gasteiger partial charge in [-0.3, -0.25) is 9.78 Å². The Morgan fingerprint density at radius 3 is 2.94 bits per heavy atom. The van der Waals surface area contributed by atoms with Crippen LogP contribution in [0.15, 0.2) is 29.9 Å². The Hall–Kier alpha value is -1.59. The van der Waals surface area contributed by atoms with E-state index in [4.69, 9.17) is 17.3 Å². The summed E-state index contributed by atoms with van der Waals surface area (Å²) >= 11 is 7.64. The number of nitrogens with zero attached hydrogens (tertiary/aromatic N) is 1. The average Bonchev–Trinajstić information content (AvgIpc) is 2.85. The molecule has 0 saturated heterocycles. The van der Waals surface area contributed by atoms with E-state index in [1.54, 1.807) is 41.2 Å². The summed E-state index contributed by atoms with van der Waals surface area (Å²) in [5, 5.41) is 3.79. The van der Waals surface area contributed by atoms with E-state index in [9.17, 15) is 4.79 Å². The van der Waals surface area contributed by atoms with Crippen molar-refractivity contribution in [2.75, 3.05) is 5.32 Å². The quantitative estimate of drug-likeness (QED) is 0.905. The van der Waals surface area contributed by atoms with Crippen LogP contribution in [0.25, 0.3) is 0 Å². The van der Waals surface area contributed by atoms with Gasteiger partial charge in [0.2, 0.25) is 5.91 Å². The molecule has 94 valence electrons. The highest BCUT2D eigenvalue weighted by atomic mass is 35.5. The van der Waals surface area contributed by atoms with Crippen LogP contribution >= 0.6 is 22.9 Å². The summed E-state index contributed by atoms with van der Waals surface area (Å²) in [4.78, 5) is 16.2. The summed E-state index contributed by atoms with van der Waals surface area (Å²) in [5.74, 6) is -0.472. The first kappa shape index (κ1) is 12.9. The monoisotopic (exact) mass is 281 g/mol. The fraction of sp³-hybridized carbons (Fsp3) is 0.167. The molecule has 0 saturated carbocycles. The molecule has 1 atom stereocenters. The SMILES string of the molecule is CC(Nc1cc(C(N)=O)ccc1Cl)c1cncs1. The van der Waals surface area contributed by atoms with Crippen molar-refractivity contribution in [3.8, 4) is 0 Å². The number of nitrogens with two attached hydrogens (primary N) is 1. The van der Waals surface area contributed by atoms with Gasteiger partial charge in [0, 0.05) is 16.6 Å². The van der Waals surface area contributed by atoms with Crippen molar-refractivity contribution in [1.29, 1.82) is 0 Å². The molecule has 0 bridgehead atoms. The second kappa shape index (κ2) is 5.37. The van der Waals surface area contributed by atoms with Gasteiger partial charge in [-0.2, -0.15) is 0 Å². The second-order valence-corrected chi connectivity index (χ2v) is 5.15. The molecule has 0 radical (unpaired) electrons. The van der Waals surface area contributed by atoms with Crippen molar-refractivity contribution >= 4 is 34.5 Å². The van der Waals surface area contributed by atoms with Crippen molar-refractivity contribution in [1.82, 2.24) is 4.98 Å². The van der Waals surface area contributed by atoms with Crippen LogP contribution < -0.4 is 11.1 Å². The molecule has 18 heavy (non-hydrogen) atoms. The highest BCUT2D eigenvalue weighted by Gasteiger charge is 2.11. The van der Waals surface area contributed by atoms with Crippen LogP contribution in [0.3, 0.4) is 0 Å². The average molecular weight is 282 g/mol. The number of hydrogen-bond donors (Lipinski definition) is 2. The molecule has 1 aromatic heterocycles. The van der Waals surface area contributed by atoms with Crippen molar-refractivity contribution in [3.05, 3.63) is 45.4 Å². The molecule has 0 aliphatic heterocycles. The minimum atomic E-state index is -0.472. The Balaban J connectivity index is 2.23.